The van der Waals surface area contributed by atoms with Crippen LogP contribution in [0, 0.1) is 6.92 Å². The summed E-state index contributed by atoms with van der Waals surface area (Å²) in [4.78, 5) is 25.6. The molecule has 3 aromatic rings. The average molecular weight is 350 g/mol. The lowest BCUT2D eigenvalue weighted by molar-refractivity contribution is -0.145. The molecule has 2 aromatic carbocycles. The number of hydrogen-bond donors (Lipinski definition) is 0. The van der Waals surface area contributed by atoms with E-state index >= 15 is 0 Å². The van der Waals surface area contributed by atoms with Crippen LogP contribution >= 0.6 is 0 Å². The van der Waals surface area contributed by atoms with E-state index in [0.717, 1.165) is 10.9 Å². The first-order valence-corrected chi connectivity index (χ1v) is 8.86. The van der Waals surface area contributed by atoms with Gasteiger partial charge in [-0.05, 0) is 32.4 Å². The molecule has 0 bridgehead atoms. The molecule has 0 aliphatic rings. The van der Waals surface area contributed by atoms with Gasteiger partial charge in [0.05, 0.1) is 12.5 Å². The second-order valence-electron chi connectivity index (χ2n) is 6.25. The highest BCUT2D eigenvalue weighted by Crippen LogP contribution is 2.36. The lowest BCUT2D eigenvalue weighted by atomic mass is 9.91. The van der Waals surface area contributed by atoms with Gasteiger partial charge in [0.2, 0.25) is 5.78 Å². The van der Waals surface area contributed by atoms with Gasteiger partial charge in [0.1, 0.15) is 5.58 Å². The minimum Gasteiger partial charge on any atom is -0.466 e. The molecule has 26 heavy (non-hydrogen) atoms. The summed E-state index contributed by atoms with van der Waals surface area (Å²) in [7, 11) is 0. The number of aryl methyl sites for hydroxylation is 1. The summed E-state index contributed by atoms with van der Waals surface area (Å²) >= 11 is 0. The van der Waals surface area contributed by atoms with Crippen LogP contribution < -0.4 is 0 Å². The van der Waals surface area contributed by atoms with E-state index in [0.29, 0.717) is 29.7 Å². The highest BCUT2D eigenvalue weighted by molar-refractivity contribution is 6.11. The first kappa shape index (κ1) is 17.9. The molecule has 0 saturated heterocycles. The van der Waals surface area contributed by atoms with Crippen LogP contribution in [0.5, 0.6) is 0 Å². The Kier molecular flexibility index (Phi) is 5.21. The molecule has 3 rings (SSSR count). The summed E-state index contributed by atoms with van der Waals surface area (Å²) in [6, 6.07) is 14.7. The van der Waals surface area contributed by atoms with E-state index in [-0.39, 0.29) is 17.5 Å². The molecule has 0 N–H and O–H groups in total. The Balaban J connectivity index is 2.22. The molecule has 4 nitrogen and oxygen atoms in total. The number of carbonyl (C=O) groups excluding carboxylic acids is 2. The van der Waals surface area contributed by atoms with Gasteiger partial charge in [-0.2, -0.15) is 0 Å². The van der Waals surface area contributed by atoms with Gasteiger partial charge in [-0.1, -0.05) is 48.9 Å². The Bertz CT molecular complexity index is 937. The van der Waals surface area contributed by atoms with E-state index in [2.05, 4.69) is 0 Å². The standard InChI is InChI=1S/C22H22O4/c1-4-16(22(24)25-5-2)19-17-13-14(3)11-12-18(17)26-21(19)20(23)15-9-7-6-8-10-15/h6-13,16H,4-5H2,1-3H3/t16-/m0/s1. The molecule has 0 aliphatic heterocycles. The van der Waals surface area contributed by atoms with Gasteiger partial charge < -0.3 is 9.15 Å². The van der Waals surface area contributed by atoms with Crippen molar-refractivity contribution in [1.82, 2.24) is 0 Å². The fourth-order valence-corrected chi connectivity index (χ4v) is 3.20. The number of fused-ring (bicyclic) bond motifs is 1. The average Bonchev–Trinajstić information content (AvgIpc) is 3.01. The van der Waals surface area contributed by atoms with Gasteiger partial charge >= 0.3 is 5.97 Å². The van der Waals surface area contributed by atoms with Crippen molar-refractivity contribution in [2.45, 2.75) is 33.1 Å². The van der Waals surface area contributed by atoms with Crippen molar-refractivity contribution < 1.29 is 18.7 Å². The zero-order valence-electron chi connectivity index (χ0n) is 15.2. The summed E-state index contributed by atoms with van der Waals surface area (Å²) in [5.41, 5.74) is 2.80. The number of ketones is 1. The second kappa shape index (κ2) is 7.56. The molecule has 0 saturated carbocycles. The quantitative estimate of drug-likeness (QED) is 0.462. The SMILES string of the molecule is CCOC(=O)[C@@H](CC)c1c(C(=O)c2ccccc2)oc2ccc(C)cc12. The highest BCUT2D eigenvalue weighted by Gasteiger charge is 2.31. The van der Waals surface area contributed by atoms with Gasteiger partial charge in [0.25, 0.3) is 0 Å². The Morgan fingerprint density at radius 2 is 1.81 bits per heavy atom. The third kappa shape index (κ3) is 3.27. The zero-order chi connectivity index (χ0) is 18.7. The molecule has 4 heteroatoms. The molecule has 1 atom stereocenters. The Morgan fingerprint density at radius 1 is 1.08 bits per heavy atom. The first-order valence-electron chi connectivity index (χ1n) is 8.86. The van der Waals surface area contributed by atoms with Crippen LogP contribution in [-0.4, -0.2) is 18.4 Å². The number of furan rings is 1. The van der Waals surface area contributed by atoms with Crippen molar-refractivity contribution in [3.63, 3.8) is 0 Å². The maximum atomic E-state index is 13.1. The molecule has 134 valence electrons. The van der Waals surface area contributed by atoms with Crippen LogP contribution in [-0.2, 0) is 9.53 Å². The number of rotatable bonds is 6. The summed E-state index contributed by atoms with van der Waals surface area (Å²) in [6.45, 7) is 5.96. The van der Waals surface area contributed by atoms with Crippen LogP contribution in [0.2, 0.25) is 0 Å². The largest absolute Gasteiger partial charge is 0.466 e. The molecule has 0 amide bonds. The van der Waals surface area contributed by atoms with Crippen LogP contribution in [0.1, 0.15) is 53.4 Å². The maximum absolute atomic E-state index is 13.1. The normalized spacial score (nSPS) is 12.1. The zero-order valence-corrected chi connectivity index (χ0v) is 15.2. The number of esters is 1. The van der Waals surface area contributed by atoms with E-state index in [1.807, 2.05) is 50.2 Å². The van der Waals surface area contributed by atoms with Crippen molar-refractivity contribution in [3.05, 3.63) is 71.0 Å². The molecule has 0 radical (unpaired) electrons. The number of carbonyl (C=O) groups is 2. The van der Waals surface area contributed by atoms with Crippen LogP contribution in [0.3, 0.4) is 0 Å². The lowest BCUT2D eigenvalue weighted by Crippen LogP contribution is -2.17. The monoisotopic (exact) mass is 350 g/mol. The van der Waals surface area contributed by atoms with E-state index in [9.17, 15) is 9.59 Å². The van der Waals surface area contributed by atoms with E-state index in [1.165, 1.54) is 0 Å². The van der Waals surface area contributed by atoms with Gasteiger partial charge in [-0.25, -0.2) is 0 Å². The summed E-state index contributed by atoms with van der Waals surface area (Å²) in [5.74, 6) is -0.879. The summed E-state index contributed by atoms with van der Waals surface area (Å²) in [6.07, 6.45) is 0.524. The third-order valence-electron chi connectivity index (χ3n) is 4.45. The predicted octanol–water partition coefficient (Wildman–Crippen LogP) is 5.03. The highest BCUT2D eigenvalue weighted by atomic mass is 16.5. The maximum Gasteiger partial charge on any atom is 0.313 e. The summed E-state index contributed by atoms with van der Waals surface area (Å²) in [5, 5.41) is 0.796. The number of ether oxygens (including phenoxy) is 1. The number of benzene rings is 2. The van der Waals surface area contributed by atoms with E-state index in [4.69, 9.17) is 9.15 Å². The molecule has 0 spiro atoms. The topological polar surface area (TPSA) is 56.5 Å². The molecule has 1 aromatic heterocycles. The summed E-state index contributed by atoms with van der Waals surface area (Å²) < 4.78 is 11.2. The first-order chi connectivity index (χ1) is 12.6. The number of hydrogen-bond acceptors (Lipinski definition) is 4. The smallest absolute Gasteiger partial charge is 0.313 e. The van der Waals surface area contributed by atoms with Gasteiger partial charge in [-0.3, -0.25) is 9.59 Å². The van der Waals surface area contributed by atoms with E-state index in [1.54, 1.807) is 19.1 Å². The van der Waals surface area contributed by atoms with Crippen molar-refractivity contribution in [3.8, 4) is 0 Å². The van der Waals surface area contributed by atoms with Gasteiger partial charge in [0, 0.05) is 16.5 Å². The molecule has 1 heterocycles. The lowest BCUT2D eigenvalue weighted by Gasteiger charge is -2.14. The van der Waals surface area contributed by atoms with Crippen molar-refractivity contribution in [2.24, 2.45) is 0 Å². The third-order valence-corrected chi connectivity index (χ3v) is 4.45. The van der Waals surface area contributed by atoms with Crippen molar-refractivity contribution >= 4 is 22.7 Å². The van der Waals surface area contributed by atoms with Crippen LogP contribution in [0.15, 0.2) is 52.9 Å². The molecular formula is C22H22O4. The minimum atomic E-state index is -0.541. The molecular weight excluding hydrogens is 328 g/mol. The fourth-order valence-electron chi connectivity index (χ4n) is 3.20. The Hall–Kier alpha value is -2.88. The fraction of sp³-hybridized carbons (Fsp3) is 0.273. The van der Waals surface area contributed by atoms with Crippen molar-refractivity contribution in [1.29, 1.82) is 0 Å². The molecule has 0 fully saturated rings. The molecule has 0 unspecified atom stereocenters. The second-order valence-corrected chi connectivity index (χ2v) is 6.25. The van der Waals surface area contributed by atoms with Crippen LogP contribution in [0.4, 0.5) is 0 Å². The van der Waals surface area contributed by atoms with E-state index < -0.39 is 5.92 Å². The minimum absolute atomic E-state index is 0.219. The Morgan fingerprint density at radius 3 is 2.46 bits per heavy atom. The Labute approximate surface area is 152 Å². The van der Waals surface area contributed by atoms with Gasteiger partial charge in [-0.15, -0.1) is 0 Å². The van der Waals surface area contributed by atoms with Gasteiger partial charge in [0.15, 0.2) is 5.76 Å². The predicted molar refractivity (Wildman–Crippen MR) is 100 cm³/mol. The molecule has 0 aliphatic carbocycles. The van der Waals surface area contributed by atoms with Crippen molar-refractivity contribution in [2.75, 3.05) is 6.61 Å². The van der Waals surface area contributed by atoms with Crippen LogP contribution in [0.25, 0.3) is 11.0 Å².